The molecular formula is C25H35N3O3S. The zero-order chi connectivity index (χ0) is 23.1. The van der Waals surface area contributed by atoms with Crippen molar-refractivity contribution in [2.45, 2.75) is 44.9 Å². The molecule has 0 unspecified atom stereocenters. The minimum Gasteiger partial charge on any atom is -0.354 e. The lowest BCUT2D eigenvalue weighted by Gasteiger charge is -2.30. The number of hydrogen-bond acceptors (Lipinski definition) is 4. The van der Waals surface area contributed by atoms with Gasteiger partial charge in [0.15, 0.2) is 0 Å². The fourth-order valence-electron chi connectivity index (χ4n) is 3.94. The van der Waals surface area contributed by atoms with Crippen LogP contribution in [0.4, 0.5) is 5.69 Å². The standard InChI is InChI=1S/C25H35N3O3S/c1-20-8-10-24(11-9-20)32(30,31)28(23-7-4-6-22(3)18-23)19-25(29)26-14-5-15-27-16-12-21(2)13-17-27/h4,6-11,18,21H,5,12-17,19H2,1-3H3,(H,26,29). The highest BCUT2D eigenvalue weighted by Crippen LogP contribution is 2.24. The molecule has 1 aliphatic rings. The van der Waals surface area contributed by atoms with Crippen LogP contribution in [0.5, 0.6) is 0 Å². The van der Waals surface area contributed by atoms with Crippen LogP contribution in [-0.2, 0) is 14.8 Å². The van der Waals surface area contributed by atoms with E-state index in [1.54, 1.807) is 42.5 Å². The zero-order valence-corrected chi connectivity index (χ0v) is 20.2. The molecule has 0 spiro atoms. The van der Waals surface area contributed by atoms with Gasteiger partial charge in [-0.25, -0.2) is 8.42 Å². The molecule has 3 rings (SSSR count). The van der Waals surface area contributed by atoms with Crippen LogP contribution in [0, 0.1) is 19.8 Å². The minimum absolute atomic E-state index is 0.178. The van der Waals surface area contributed by atoms with Crippen molar-refractivity contribution in [3.63, 3.8) is 0 Å². The molecular weight excluding hydrogens is 422 g/mol. The number of hydrogen-bond donors (Lipinski definition) is 1. The van der Waals surface area contributed by atoms with Crippen molar-refractivity contribution in [2.75, 3.05) is 37.0 Å². The molecule has 1 heterocycles. The summed E-state index contributed by atoms with van der Waals surface area (Å²) in [5.41, 5.74) is 2.40. The molecule has 0 aromatic heterocycles. The van der Waals surface area contributed by atoms with Crippen LogP contribution in [0.1, 0.15) is 37.3 Å². The number of nitrogens with zero attached hydrogens (tertiary/aromatic N) is 2. The molecule has 1 amide bonds. The fraction of sp³-hybridized carbons (Fsp3) is 0.480. The van der Waals surface area contributed by atoms with E-state index in [1.807, 2.05) is 19.9 Å². The van der Waals surface area contributed by atoms with E-state index in [1.165, 1.54) is 17.1 Å². The lowest BCUT2D eigenvalue weighted by Crippen LogP contribution is -2.42. The Morgan fingerprint density at radius 3 is 2.41 bits per heavy atom. The molecule has 0 bridgehead atoms. The highest BCUT2D eigenvalue weighted by Gasteiger charge is 2.27. The molecule has 6 nitrogen and oxygen atoms in total. The van der Waals surface area contributed by atoms with Crippen LogP contribution in [0.3, 0.4) is 0 Å². The third-order valence-electron chi connectivity index (χ3n) is 6.04. The first-order valence-electron chi connectivity index (χ1n) is 11.4. The number of carbonyl (C=O) groups excluding carboxylic acids is 1. The second-order valence-electron chi connectivity index (χ2n) is 8.89. The average molecular weight is 458 g/mol. The lowest BCUT2D eigenvalue weighted by atomic mass is 9.99. The largest absolute Gasteiger partial charge is 0.354 e. The third kappa shape index (κ3) is 6.56. The molecule has 0 saturated carbocycles. The maximum absolute atomic E-state index is 13.4. The Labute approximate surface area is 192 Å². The Bertz CT molecular complexity index is 997. The lowest BCUT2D eigenvalue weighted by molar-refractivity contribution is -0.119. The summed E-state index contributed by atoms with van der Waals surface area (Å²) in [6.45, 7) is 9.58. The molecule has 1 aliphatic heterocycles. The predicted octanol–water partition coefficient (Wildman–Crippen LogP) is 3.74. The molecule has 174 valence electrons. The van der Waals surface area contributed by atoms with Gasteiger partial charge in [-0.05, 0) is 88.5 Å². The predicted molar refractivity (Wildman–Crippen MR) is 129 cm³/mol. The van der Waals surface area contributed by atoms with Crippen molar-refractivity contribution in [1.82, 2.24) is 10.2 Å². The molecule has 0 atom stereocenters. The summed E-state index contributed by atoms with van der Waals surface area (Å²) in [6, 6.07) is 13.9. The topological polar surface area (TPSA) is 69.7 Å². The van der Waals surface area contributed by atoms with Gasteiger partial charge in [-0.3, -0.25) is 9.10 Å². The van der Waals surface area contributed by atoms with E-state index in [0.29, 0.717) is 12.2 Å². The number of sulfonamides is 1. The number of amides is 1. The maximum atomic E-state index is 13.4. The van der Waals surface area contributed by atoms with Crippen LogP contribution in [0.25, 0.3) is 0 Å². The Kier molecular flexibility index (Phi) is 8.32. The number of likely N-dealkylation sites (tertiary alicyclic amines) is 1. The van der Waals surface area contributed by atoms with Crippen LogP contribution in [0.2, 0.25) is 0 Å². The Balaban J connectivity index is 1.65. The van der Waals surface area contributed by atoms with E-state index < -0.39 is 10.0 Å². The average Bonchev–Trinajstić information content (AvgIpc) is 2.76. The van der Waals surface area contributed by atoms with Crippen LogP contribution in [-0.4, -0.2) is 51.9 Å². The van der Waals surface area contributed by atoms with Crippen molar-refractivity contribution in [2.24, 2.45) is 5.92 Å². The number of rotatable bonds is 9. The molecule has 7 heteroatoms. The minimum atomic E-state index is -3.87. The van der Waals surface area contributed by atoms with E-state index in [-0.39, 0.29) is 17.3 Å². The second kappa shape index (κ2) is 11.0. The van der Waals surface area contributed by atoms with Gasteiger partial charge in [0.1, 0.15) is 6.54 Å². The van der Waals surface area contributed by atoms with E-state index in [9.17, 15) is 13.2 Å². The molecule has 1 fully saturated rings. The van der Waals surface area contributed by atoms with Gasteiger partial charge in [-0.15, -0.1) is 0 Å². The van der Waals surface area contributed by atoms with Crippen molar-refractivity contribution >= 4 is 21.6 Å². The van der Waals surface area contributed by atoms with E-state index >= 15 is 0 Å². The third-order valence-corrected chi connectivity index (χ3v) is 7.82. The van der Waals surface area contributed by atoms with Crippen molar-refractivity contribution < 1.29 is 13.2 Å². The van der Waals surface area contributed by atoms with Gasteiger partial charge in [0, 0.05) is 6.54 Å². The molecule has 2 aromatic rings. The van der Waals surface area contributed by atoms with Crippen LogP contribution >= 0.6 is 0 Å². The summed E-state index contributed by atoms with van der Waals surface area (Å²) in [4.78, 5) is 15.3. The summed E-state index contributed by atoms with van der Waals surface area (Å²) in [5, 5.41) is 2.91. The summed E-state index contributed by atoms with van der Waals surface area (Å²) in [5.74, 6) is 0.503. The molecule has 32 heavy (non-hydrogen) atoms. The monoisotopic (exact) mass is 457 g/mol. The quantitative estimate of drug-likeness (QED) is 0.583. The van der Waals surface area contributed by atoms with Crippen molar-refractivity contribution in [3.8, 4) is 0 Å². The number of anilines is 1. The first kappa shape index (κ1) is 24.3. The first-order valence-corrected chi connectivity index (χ1v) is 12.8. The van der Waals surface area contributed by atoms with Gasteiger partial charge in [0.2, 0.25) is 5.91 Å². The normalized spacial score (nSPS) is 15.5. The molecule has 1 N–H and O–H groups in total. The SMILES string of the molecule is Cc1ccc(S(=O)(=O)N(CC(=O)NCCCN2CCC(C)CC2)c2cccc(C)c2)cc1. The van der Waals surface area contributed by atoms with Crippen molar-refractivity contribution in [3.05, 3.63) is 59.7 Å². The highest BCUT2D eigenvalue weighted by atomic mass is 32.2. The number of benzene rings is 2. The van der Waals surface area contributed by atoms with Crippen molar-refractivity contribution in [1.29, 1.82) is 0 Å². The summed E-state index contributed by atoms with van der Waals surface area (Å²) in [7, 11) is -3.87. The highest BCUT2D eigenvalue weighted by molar-refractivity contribution is 7.92. The van der Waals surface area contributed by atoms with E-state index in [0.717, 1.165) is 43.1 Å². The molecule has 0 aliphatic carbocycles. The number of piperidine rings is 1. The Hall–Kier alpha value is -2.38. The smallest absolute Gasteiger partial charge is 0.264 e. The molecule has 0 radical (unpaired) electrons. The van der Waals surface area contributed by atoms with Gasteiger partial charge < -0.3 is 10.2 Å². The number of carbonyl (C=O) groups is 1. The van der Waals surface area contributed by atoms with Gasteiger partial charge >= 0.3 is 0 Å². The fourth-order valence-corrected chi connectivity index (χ4v) is 5.35. The van der Waals surface area contributed by atoms with Crippen LogP contribution in [0.15, 0.2) is 53.4 Å². The molecule has 2 aromatic carbocycles. The van der Waals surface area contributed by atoms with Crippen LogP contribution < -0.4 is 9.62 Å². The van der Waals surface area contributed by atoms with Gasteiger partial charge in [0.05, 0.1) is 10.6 Å². The second-order valence-corrected chi connectivity index (χ2v) is 10.8. The number of nitrogens with one attached hydrogen (secondary N) is 1. The zero-order valence-electron chi connectivity index (χ0n) is 19.4. The number of aryl methyl sites for hydroxylation is 2. The summed E-state index contributed by atoms with van der Waals surface area (Å²) >= 11 is 0. The maximum Gasteiger partial charge on any atom is 0.264 e. The Morgan fingerprint density at radius 1 is 1.06 bits per heavy atom. The van der Waals surface area contributed by atoms with Gasteiger partial charge in [-0.2, -0.15) is 0 Å². The van der Waals surface area contributed by atoms with E-state index in [2.05, 4.69) is 17.1 Å². The van der Waals surface area contributed by atoms with E-state index in [4.69, 9.17) is 0 Å². The molecule has 1 saturated heterocycles. The first-order chi connectivity index (χ1) is 15.3. The summed E-state index contributed by atoms with van der Waals surface area (Å²) in [6.07, 6.45) is 3.32. The Morgan fingerprint density at radius 2 is 1.75 bits per heavy atom. The summed E-state index contributed by atoms with van der Waals surface area (Å²) < 4.78 is 28.0. The van der Waals surface area contributed by atoms with Gasteiger partial charge in [-0.1, -0.05) is 36.8 Å². The van der Waals surface area contributed by atoms with Gasteiger partial charge in [0.25, 0.3) is 10.0 Å².